The van der Waals surface area contributed by atoms with Gasteiger partial charge in [0.1, 0.15) is 5.60 Å². The number of benzene rings is 2. The van der Waals surface area contributed by atoms with Crippen LogP contribution in [0.25, 0.3) is 0 Å². The highest BCUT2D eigenvalue weighted by Gasteiger charge is 2.30. The van der Waals surface area contributed by atoms with Gasteiger partial charge in [0.05, 0.1) is 12.9 Å². The second-order valence-electron chi connectivity index (χ2n) is 5.81. The van der Waals surface area contributed by atoms with E-state index >= 15 is 0 Å². The summed E-state index contributed by atoms with van der Waals surface area (Å²) in [4.78, 5) is 12.4. The van der Waals surface area contributed by atoms with E-state index < -0.39 is 10.7 Å². The molecule has 1 unspecified atom stereocenters. The molecule has 3 rings (SSSR count). The van der Waals surface area contributed by atoms with Crippen LogP contribution < -0.4 is 0 Å². The molecule has 0 aliphatic carbocycles. The van der Waals surface area contributed by atoms with Crippen molar-refractivity contribution in [3.8, 4) is 0 Å². The van der Waals surface area contributed by atoms with Crippen molar-refractivity contribution >= 4 is 23.2 Å². The molecule has 2 N–H and O–H groups in total. The van der Waals surface area contributed by atoms with Crippen molar-refractivity contribution in [1.29, 1.82) is 0 Å². The van der Waals surface area contributed by atoms with Crippen LogP contribution in [-0.4, -0.2) is 25.0 Å². The minimum Gasteiger partial charge on any atom is -0.383 e. The lowest BCUT2D eigenvalue weighted by Gasteiger charge is -2.29. The van der Waals surface area contributed by atoms with Gasteiger partial charge in [-0.25, -0.2) is 4.98 Å². The van der Waals surface area contributed by atoms with Crippen molar-refractivity contribution in [1.82, 2.24) is 9.55 Å². The number of nitrogens with zero attached hydrogens (tertiary/aromatic N) is 3. The van der Waals surface area contributed by atoms with Crippen LogP contribution in [0.2, 0.25) is 10.0 Å². The summed E-state index contributed by atoms with van der Waals surface area (Å²) in [6, 6.07) is 14.8. The molecule has 0 amide bonds. The first-order valence-corrected chi connectivity index (χ1v) is 8.56. The van der Waals surface area contributed by atoms with E-state index in [4.69, 9.17) is 38.5 Å². The number of aromatic nitrogens is 2. The molecule has 3 aromatic rings. The van der Waals surface area contributed by atoms with Gasteiger partial charge in [0.2, 0.25) is 0 Å². The molecule has 1 aromatic heterocycles. The Balaban J connectivity index is 0.000000596. The van der Waals surface area contributed by atoms with Crippen molar-refractivity contribution in [2.45, 2.75) is 18.6 Å². The summed E-state index contributed by atoms with van der Waals surface area (Å²) in [5.41, 5.74) is 0.747. The third-order valence-corrected chi connectivity index (χ3v) is 4.30. The lowest BCUT2D eigenvalue weighted by Crippen LogP contribution is -2.33. The van der Waals surface area contributed by atoms with Gasteiger partial charge >= 0.3 is 0 Å². The summed E-state index contributed by atoms with van der Waals surface area (Å²) in [7, 11) is 0. The smallest absolute Gasteiger partial charge is 0.291 e. The minimum absolute atomic E-state index is 0.400. The number of aliphatic hydroxyl groups is 1. The fourth-order valence-electron chi connectivity index (χ4n) is 2.63. The molecule has 0 saturated carbocycles. The zero-order valence-corrected chi connectivity index (χ0v) is 15.6. The highest BCUT2D eigenvalue weighted by atomic mass is 35.5. The molecule has 0 spiro atoms. The van der Waals surface area contributed by atoms with Crippen LogP contribution in [0, 0.1) is 10.1 Å². The van der Waals surface area contributed by atoms with Gasteiger partial charge in [-0.15, -0.1) is 10.1 Å². The van der Waals surface area contributed by atoms with Crippen LogP contribution in [0.5, 0.6) is 0 Å². The van der Waals surface area contributed by atoms with Crippen LogP contribution in [0.15, 0.2) is 67.3 Å². The first-order valence-electron chi connectivity index (χ1n) is 7.80. The van der Waals surface area contributed by atoms with E-state index in [0.29, 0.717) is 23.0 Å². The third kappa shape index (κ3) is 6.56. The monoisotopic (exact) mass is 409 g/mol. The van der Waals surface area contributed by atoms with E-state index in [1.807, 2.05) is 47.2 Å². The zero-order valence-electron chi connectivity index (χ0n) is 14.1. The van der Waals surface area contributed by atoms with Crippen molar-refractivity contribution < 1.29 is 15.4 Å². The van der Waals surface area contributed by atoms with E-state index in [1.54, 1.807) is 24.7 Å². The fraction of sp³-hybridized carbons (Fsp3) is 0.167. The van der Waals surface area contributed by atoms with E-state index in [-0.39, 0.29) is 0 Å². The van der Waals surface area contributed by atoms with E-state index in [2.05, 4.69) is 4.98 Å². The maximum Gasteiger partial charge on any atom is 0.291 e. The quantitative estimate of drug-likeness (QED) is 0.490. The average molecular weight is 410 g/mol. The Bertz CT molecular complexity index is 851. The molecule has 9 heteroatoms. The molecule has 27 heavy (non-hydrogen) atoms. The Labute approximate surface area is 165 Å². The summed E-state index contributed by atoms with van der Waals surface area (Å²) < 4.78 is 1.87. The van der Waals surface area contributed by atoms with Gasteiger partial charge in [-0.2, -0.15) is 0 Å². The van der Waals surface area contributed by atoms with Gasteiger partial charge in [0, 0.05) is 28.9 Å². The molecular weight excluding hydrogens is 393 g/mol. The fourth-order valence-corrected chi connectivity index (χ4v) is 2.88. The Morgan fingerprint density at radius 1 is 1.07 bits per heavy atom. The molecule has 1 atom stereocenters. The van der Waals surface area contributed by atoms with Crippen LogP contribution in [0.4, 0.5) is 0 Å². The maximum absolute atomic E-state index is 11.3. The second-order valence-corrected chi connectivity index (χ2v) is 6.69. The number of halogens is 2. The number of hydrogen-bond donors (Lipinski definition) is 2. The molecule has 142 valence electrons. The molecule has 0 fully saturated rings. The summed E-state index contributed by atoms with van der Waals surface area (Å²) in [6.07, 6.45) is 5.69. The molecule has 2 aromatic carbocycles. The lowest BCUT2D eigenvalue weighted by atomic mass is 9.87. The predicted octanol–water partition coefficient (Wildman–Crippen LogP) is 3.97. The van der Waals surface area contributed by atoms with Gasteiger partial charge in [-0.05, 0) is 35.4 Å². The summed E-state index contributed by atoms with van der Waals surface area (Å²) in [5, 5.41) is 26.3. The first-order chi connectivity index (χ1) is 12.8. The summed E-state index contributed by atoms with van der Waals surface area (Å²) in [6.45, 7) is 0.400. The van der Waals surface area contributed by atoms with Gasteiger partial charge in [0.15, 0.2) is 0 Å². The maximum atomic E-state index is 11.3. The van der Waals surface area contributed by atoms with Gasteiger partial charge < -0.3 is 14.9 Å². The molecule has 0 aliphatic heterocycles. The largest absolute Gasteiger partial charge is 0.383 e. The van der Waals surface area contributed by atoms with Crippen LogP contribution in [0.1, 0.15) is 11.1 Å². The first kappa shape index (κ1) is 20.7. The molecule has 0 saturated heterocycles. The molecule has 0 radical (unpaired) electrons. The normalized spacial score (nSPS) is 12.6. The van der Waals surface area contributed by atoms with Crippen LogP contribution in [-0.2, 0) is 18.6 Å². The Hall–Kier alpha value is -2.61. The molecule has 7 nitrogen and oxygen atoms in total. The molecule has 0 aliphatic rings. The number of hydrogen-bond acceptors (Lipinski definition) is 4. The highest BCUT2D eigenvalue weighted by molar-refractivity contribution is 6.30. The van der Waals surface area contributed by atoms with Crippen molar-refractivity contribution in [2.24, 2.45) is 0 Å². The van der Waals surface area contributed by atoms with Gasteiger partial charge in [-0.1, -0.05) is 47.5 Å². The summed E-state index contributed by atoms with van der Waals surface area (Å²) in [5.74, 6) is 0. The lowest BCUT2D eigenvalue weighted by molar-refractivity contribution is -0.742. The predicted molar refractivity (Wildman–Crippen MR) is 102 cm³/mol. The van der Waals surface area contributed by atoms with Gasteiger partial charge in [0.25, 0.3) is 5.09 Å². The van der Waals surface area contributed by atoms with E-state index in [0.717, 1.165) is 11.1 Å². The van der Waals surface area contributed by atoms with Crippen molar-refractivity contribution in [2.75, 3.05) is 0 Å². The topological polar surface area (TPSA) is 101 Å². The van der Waals surface area contributed by atoms with E-state index in [1.165, 1.54) is 0 Å². The van der Waals surface area contributed by atoms with Gasteiger partial charge in [-0.3, -0.25) is 0 Å². The van der Waals surface area contributed by atoms with Crippen molar-refractivity contribution in [3.05, 3.63) is 98.5 Å². The van der Waals surface area contributed by atoms with Crippen LogP contribution >= 0.6 is 23.2 Å². The zero-order chi connectivity index (χ0) is 19.9. The second kappa shape index (κ2) is 9.36. The van der Waals surface area contributed by atoms with E-state index in [9.17, 15) is 5.11 Å². The van der Waals surface area contributed by atoms with Crippen LogP contribution in [0.3, 0.4) is 0 Å². The van der Waals surface area contributed by atoms with Crippen molar-refractivity contribution in [3.63, 3.8) is 0 Å². The number of imidazole rings is 1. The Kier molecular flexibility index (Phi) is 7.18. The Morgan fingerprint density at radius 3 is 2.07 bits per heavy atom. The highest BCUT2D eigenvalue weighted by Crippen LogP contribution is 2.29. The number of rotatable bonds is 5. The average Bonchev–Trinajstić information content (AvgIpc) is 3.10. The third-order valence-electron chi connectivity index (χ3n) is 3.79. The molecule has 0 bridgehead atoms. The SMILES string of the molecule is O=[N+]([O-])O.OC(Cc1ccc(Cl)cc1)(Cn1ccnc1)c1ccc(Cl)cc1. The molecular formula is C18H17Cl2N3O4. The standard InChI is InChI=1S/C18H16Cl2N2O.HNO3/c19-16-5-1-14(2-6-16)11-18(23,12-22-10-9-21-13-22)15-3-7-17(20)8-4-15;2-1(3)4/h1-10,13,23H,11-12H2;(H,2,3,4). The molecule has 1 heterocycles. The minimum atomic E-state index is -1.50. The Morgan fingerprint density at radius 2 is 1.59 bits per heavy atom. The summed E-state index contributed by atoms with van der Waals surface area (Å²) >= 11 is 11.9.